The molecule has 16 heavy (non-hydrogen) atoms. The van der Waals surface area contributed by atoms with Gasteiger partial charge in [-0.2, -0.15) is 0 Å². The molecule has 0 amide bonds. The van der Waals surface area contributed by atoms with Crippen molar-refractivity contribution in [1.29, 1.82) is 0 Å². The molecule has 0 fully saturated rings. The fraction of sp³-hybridized carbons (Fsp3) is 0.500. The van der Waals surface area contributed by atoms with Gasteiger partial charge in [-0.25, -0.2) is 4.98 Å². The molecule has 2 aromatic rings. The Morgan fingerprint density at radius 2 is 2.19 bits per heavy atom. The number of aromatic nitrogens is 3. The van der Waals surface area contributed by atoms with E-state index in [2.05, 4.69) is 41.3 Å². The smallest absolute Gasteiger partial charge is 0.267 e. The van der Waals surface area contributed by atoms with Gasteiger partial charge in [0, 0.05) is 10.9 Å². The molecule has 0 radical (unpaired) electrons. The second kappa shape index (κ2) is 4.31. The van der Waals surface area contributed by atoms with Crippen molar-refractivity contribution < 1.29 is 4.42 Å². The summed E-state index contributed by atoms with van der Waals surface area (Å²) in [6.45, 7) is 6.83. The van der Waals surface area contributed by atoms with Crippen LogP contribution in [0.5, 0.6) is 0 Å². The Morgan fingerprint density at radius 3 is 2.81 bits per heavy atom. The molecule has 0 aliphatic heterocycles. The van der Waals surface area contributed by atoms with E-state index >= 15 is 0 Å². The normalized spacial score (nSPS) is 11.9. The second-order valence-corrected chi connectivity index (χ2v) is 5.20. The highest BCUT2D eigenvalue weighted by Gasteiger charge is 2.13. The molecule has 0 saturated carbocycles. The first kappa shape index (κ1) is 11.2. The molecule has 0 unspecified atom stereocenters. The maximum Gasteiger partial charge on any atom is 0.267 e. The van der Waals surface area contributed by atoms with Crippen molar-refractivity contribution in [1.82, 2.24) is 20.5 Å². The zero-order valence-electron chi connectivity index (χ0n) is 9.52. The highest BCUT2D eigenvalue weighted by molar-refractivity contribution is 7.07. The van der Waals surface area contributed by atoms with Gasteiger partial charge in [0.15, 0.2) is 0 Å². The lowest BCUT2D eigenvalue weighted by Crippen LogP contribution is -2.35. The van der Waals surface area contributed by atoms with Gasteiger partial charge < -0.3 is 9.73 Å². The van der Waals surface area contributed by atoms with Crippen LogP contribution < -0.4 is 5.32 Å². The van der Waals surface area contributed by atoms with Crippen molar-refractivity contribution in [2.45, 2.75) is 32.9 Å². The summed E-state index contributed by atoms with van der Waals surface area (Å²) in [5, 5.41) is 13.1. The Morgan fingerprint density at radius 1 is 1.38 bits per heavy atom. The van der Waals surface area contributed by atoms with Crippen molar-refractivity contribution in [2.75, 3.05) is 0 Å². The van der Waals surface area contributed by atoms with E-state index in [0.29, 0.717) is 18.3 Å². The molecule has 0 bridgehead atoms. The first-order valence-corrected chi connectivity index (χ1v) is 5.95. The van der Waals surface area contributed by atoms with Gasteiger partial charge in [-0.05, 0) is 20.8 Å². The molecule has 5 nitrogen and oxygen atoms in total. The summed E-state index contributed by atoms with van der Waals surface area (Å²) in [4.78, 5) is 4.11. The number of nitrogens with zero attached hydrogens (tertiary/aromatic N) is 3. The lowest BCUT2D eigenvalue weighted by molar-refractivity contribution is 0.383. The molecule has 0 aromatic carbocycles. The summed E-state index contributed by atoms with van der Waals surface area (Å²) in [6, 6.07) is 0. The van der Waals surface area contributed by atoms with E-state index in [4.69, 9.17) is 4.42 Å². The number of hydrogen-bond donors (Lipinski definition) is 1. The number of nitrogens with one attached hydrogen (secondary N) is 1. The molecule has 2 aromatic heterocycles. The van der Waals surface area contributed by atoms with Crippen LogP contribution in [0.1, 0.15) is 26.7 Å². The maximum absolute atomic E-state index is 5.48. The summed E-state index contributed by atoms with van der Waals surface area (Å²) in [5.41, 5.74) is 2.52. The fourth-order valence-corrected chi connectivity index (χ4v) is 1.61. The minimum absolute atomic E-state index is 0.0370. The number of thiazole rings is 1. The Balaban J connectivity index is 2.03. The average Bonchev–Trinajstić information content (AvgIpc) is 2.84. The van der Waals surface area contributed by atoms with Gasteiger partial charge in [0.05, 0.1) is 12.1 Å². The molecule has 0 atom stereocenters. The summed E-state index contributed by atoms with van der Waals surface area (Å²) < 4.78 is 5.48. The quantitative estimate of drug-likeness (QED) is 0.887. The first-order valence-electron chi connectivity index (χ1n) is 5.00. The molecule has 0 aliphatic rings. The Labute approximate surface area is 97.9 Å². The number of hydrogen-bond acceptors (Lipinski definition) is 6. The zero-order valence-corrected chi connectivity index (χ0v) is 10.3. The first-order chi connectivity index (χ1) is 7.54. The van der Waals surface area contributed by atoms with Crippen molar-refractivity contribution in [3.8, 4) is 11.6 Å². The van der Waals surface area contributed by atoms with E-state index < -0.39 is 0 Å². The molecular formula is C10H14N4OS. The van der Waals surface area contributed by atoms with E-state index in [1.165, 1.54) is 11.3 Å². The monoisotopic (exact) mass is 238 g/mol. The van der Waals surface area contributed by atoms with Crippen LogP contribution in [0.15, 0.2) is 15.3 Å². The van der Waals surface area contributed by atoms with Crippen molar-refractivity contribution in [2.24, 2.45) is 0 Å². The van der Waals surface area contributed by atoms with E-state index in [1.54, 1.807) is 5.51 Å². The van der Waals surface area contributed by atoms with Gasteiger partial charge in [0.2, 0.25) is 5.89 Å². The molecule has 0 aliphatic carbocycles. The maximum atomic E-state index is 5.48. The van der Waals surface area contributed by atoms with Crippen LogP contribution in [0.4, 0.5) is 0 Å². The highest BCUT2D eigenvalue weighted by Crippen LogP contribution is 2.17. The highest BCUT2D eigenvalue weighted by atomic mass is 32.1. The molecule has 86 valence electrons. The summed E-state index contributed by atoms with van der Waals surface area (Å²) >= 11 is 1.51. The zero-order chi connectivity index (χ0) is 11.6. The van der Waals surface area contributed by atoms with Crippen molar-refractivity contribution in [3.05, 3.63) is 16.8 Å². The number of rotatable bonds is 3. The molecule has 0 saturated heterocycles. The average molecular weight is 238 g/mol. The van der Waals surface area contributed by atoms with Gasteiger partial charge in [-0.3, -0.25) is 0 Å². The molecule has 2 rings (SSSR count). The van der Waals surface area contributed by atoms with Gasteiger partial charge in [-0.15, -0.1) is 21.5 Å². The molecule has 2 heterocycles. The third-order valence-electron chi connectivity index (χ3n) is 1.89. The van der Waals surface area contributed by atoms with Crippen molar-refractivity contribution >= 4 is 11.3 Å². The van der Waals surface area contributed by atoms with Crippen LogP contribution in [-0.2, 0) is 6.54 Å². The van der Waals surface area contributed by atoms with Gasteiger partial charge >= 0.3 is 0 Å². The van der Waals surface area contributed by atoms with Crippen LogP contribution in [0.25, 0.3) is 11.6 Å². The van der Waals surface area contributed by atoms with Gasteiger partial charge in [0.1, 0.15) is 5.69 Å². The predicted octanol–water partition coefficient (Wildman–Crippen LogP) is 2.08. The minimum Gasteiger partial charge on any atom is -0.418 e. The second-order valence-electron chi connectivity index (χ2n) is 4.48. The molecule has 6 heteroatoms. The van der Waals surface area contributed by atoms with E-state index in [-0.39, 0.29) is 5.54 Å². The Bertz CT molecular complexity index is 444. The lowest BCUT2D eigenvalue weighted by atomic mass is 10.1. The molecule has 0 spiro atoms. The van der Waals surface area contributed by atoms with E-state index in [9.17, 15) is 0 Å². The topological polar surface area (TPSA) is 63.8 Å². The lowest BCUT2D eigenvalue weighted by Gasteiger charge is -2.18. The SMILES string of the molecule is CC(C)(C)NCc1nnc(-c2cscn2)o1. The fourth-order valence-electron chi connectivity index (χ4n) is 1.09. The van der Waals surface area contributed by atoms with Gasteiger partial charge in [0.25, 0.3) is 5.89 Å². The molecular weight excluding hydrogens is 224 g/mol. The van der Waals surface area contributed by atoms with Crippen LogP contribution >= 0.6 is 11.3 Å². The van der Waals surface area contributed by atoms with Gasteiger partial charge in [-0.1, -0.05) is 0 Å². The van der Waals surface area contributed by atoms with Crippen LogP contribution in [0, 0.1) is 0 Å². The van der Waals surface area contributed by atoms with E-state index in [0.717, 1.165) is 5.69 Å². The molecule has 1 N–H and O–H groups in total. The Kier molecular flexibility index (Phi) is 3.02. The van der Waals surface area contributed by atoms with Crippen LogP contribution in [0.3, 0.4) is 0 Å². The third-order valence-corrected chi connectivity index (χ3v) is 2.47. The largest absolute Gasteiger partial charge is 0.418 e. The third kappa shape index (κ3) is 2.86. The van der Waals surface area contributed by atoms with Crippen molar-refractivity contribution in [3.63, 3.8) is 0 Å². The van der Waals surface area contributed by atoms with Crippen LogP contribution in [0.2, 0.25) is 0 Å². The summed E-state index contributed by atoms with van der Waals surface area (Å²) in [7, 11) is 0. The van der Waals surface area contributed by atoms with E-state index in [1.807, 2.05) is 5.38 Å². The predicted molar refractivity (Wildman–Crippen MR) is 62.0 cm³/mol. The standard InChI is InChI=1S/C10H14N4OS/c1-10(2,3)12-4-8-13-14-9(15-8)7-5-16-6-11-7/h5-6,12H,4H2,1-3H3. The van der Waals surface area contributed by atoms with Crippen LogP contribution in [-0.4, -0.2) is 20.7 Å². The Hall–Kier alpha value is -1.27. The summed E-state index contributed by atoms with van der Waals surface area (Å²) in [6.07, 6.45) is 0. The minimum atomic E-state index is 0.0370. The summed E-state index contributed by atoms with van der Waals surface area (Å²) in [5.74, 6) is 1.06.